The molecule has 1 aliphatic rings. The fourth-order valence-corrected chi connectivity index (χ4v) is 3.99. The number of piperazine rings is 1. The molecule has 3 aromatic rings. The fraction of sp³-hybridized carbons (Fsp3) is 0.318. The van der Waals surface area contributed by atoms with E-state index in [4.69, 9.17) is 28.2 Å². The van der Waals surface area contributed by atoms with Gasteiger partial charge >= 0.3 is 0 Å². The molecule has 0 unspecified atom stereocenters. The maximum Gasteiger partial charge on any atom is 0.131 e. The molecular weight excluding hydrogens is 398 g/mol. The number of nitrogens with zero attached hydrogens (tertiary/aromatic N) is 5. The van der Waals surface area contributed by atoms with Gasteiger partial charge in [0.05, 0.1) is 17.1 Å². The van der Waals surface area contributed by atoms with E-state index in [1.807, 2.05) is 59.5 Å². The number of aromatic nitrogens is 3. The third kappa shape index (κ3) is 4.23. The van der Waals surface area contributed by atoms with Crippen molar-refractivity contribution < 1.29 is 0 Å². The number of nitrogens with two attached hydrogens (primary N) is 2. The standard InChI is InChI=1S/C22H28ClN7/c1-27-11-13-28(14-12-27)15-16-30-21(24)18(19(23)22(25)29-9-5-6-10-29)20(26-30)17-7-3-2-4-8-17/h2-10H,11-16,24-25H2,1H3/b22-19-. The van der Waals surface area contributed by atoms with Crippen LogP contribution in [0.3, 0.4) is 0 Å². The number of nitrogen functional groups attached to an aromatic ring is 1. The van der Waals surface area contributed by atoms with Gasteiger partial charge in [0.2, 0.25) is 0 Å². The predicted molar refractivity (Wildman–Crippen MR) is 124 cm³/mol. The molecule has 3 heterocycles. The SMILES string of the molecule is CN1CCN(CCn2nc(-c3ccccc3)c(/C(Cl)=C(\N)n3cccc3)c2N)CC1. The Kier molecular flexibility index (Phi) is 6.13. The first-order chi connectivity index (χ1) is 14.5. The summed E-state index contributed by atoms with van der Waals surface area (Å²) in [5.41, 5.74) is 15.3. The topological polar surface area (TPSA) is 81.3 Å². The summed E-state index contributed by atoms with van der Waals surface area (Å²) in [6.07, 6.45) is 3.71. The van der Waals surface area contributed by atoms with Crippen LogP contribution in [0.5, 0.6) is 0 Å². The molecule has 0 radical (unpaired) electrons. The van der Waals surface area contributed by atoms with Crippen molar-refractivity contribution in [1.29, 1.82) is 0 Å². The van der Waals surface area contributed by atoms with Gasteiger partial charge in [-0.3, -0.25) is 4.90 Å². The molecule has 30 heavy (non-hydrogen) atoms. The minimum atomic E-state index is 0.397. The second-order valence-electron chi connectivity index (χ2n) is 7.63. The number of halogens is 1. The van der Waals surface area contributed by atoms with Crippen LogP contribution in [0.25, 0.3) is 22.1 Å². The van der Waals surface area contributed by atoms with Crippen molar-refractivity contribution in [2.24, 2.45) is 5.73 Å². The molecule has 2 aromatic heterocycles. The number of benzene rings is 1. The quantitative estimate of drug-likeness (QED) is 0.634. The molecule has 7 nitrogen and oxygen atoms in total. The summed E-state index contributed by atoms with van der Waals surface area (Å²) in [4.78, 5) is 4.79. The van der Waals surface area contributed by atoms with Crippen LogP contribution >= 0.6 is 11.6 Å². The van der Waals surface area contributed by atoms with E-state index in [-0.39, 0.29) is 0 Å². The Morgan fingerprint density at radius 2 is 1.67 bits per heavy atom. The van der Waals surface area contributed by atoms with Gasteiger partial charge in [-0.1, -0.05) is 41.9 Å². The zero-order chi connectivity index (χ0) is 21.1. The van der Waals surface area contributed by atoms with Crippen molar-refractivity contribution >= 4 is 28.3 Å². The van der Waals surface area contributed by atoms with Crippen molar-refractivity contribution in [2.45, 2.75) is 6.54 Å². The third-order valence-electron chi connectivity index (χ3n) is 5.59. The van der Waals surface area contributed by atoms with E-state index < -0.39 is 0 Å². The fourth-order valence-electron chi connectivity index (χ4n) is 3.70. The van der Waals surface area contributed by atoms with Crippen LogP contribution in [0, 0.1) is 0 Å². The molecule has 1 saturated heterocycles. The van der Waals surface area contributed by atoms with Gasteiger partial charge < -0.3 is 20.9 Å². The summed E-state index contributed by atoms with van der Waals surface area (Å²) in [6, 6.07) is 13.7. The van der Waals surface area contributed by atoms with Gasteiger partial charge in [-0.25, -0.2) is 4.68 Å². The van der Waals surface area contributed by atoms with Crippen molar-refractivity contribution in [3.63, 3.8) is 0 Å². The number of rotatable bonds is 6. The molecule has 4 N–H and O–H groups in total. The largest absolute Gasteiger partial charge is 0.384 e. The summed E-state index contributed by atoms with van der Waals surface area (Å²) in [5, 5.41) is 5.23. The molecule has 0 atom stereocenters. The maximum atomic E-state index is 6.77. The molecular formula is C22H28ClN7. The van der Waals surface area contributed by atoms with Crippen LogP contribution in [-0.2, 0) is 6.54 Å². The lowest BCUT2D eigenvalue weighted by Gasteiger charge is -2.32. The monoisotopic (exact) mass is 425 g/mol. The Balaban J connectivity index is 1.68. The smallest absolute Gasteiger partial charge is 0.131 e. The van der Waals surface area contributed by atoms with Crippen LogP contribution in [0.2, 0.25) is 0 Å². The number of likely N-dealkylation sites (N-methyl/N-ethyl adjacent to an activating group) is 1. The van der Waals surface area contributed by atoms with E-state index in [0.717, 1.165) is 44.0 Å². The first-order valence-electron chi connectivity index (χ1n) is 10.2. The molecule has 4 rings (SSSR count). The predicted octanol–water partition coefficient (Wildman–Crippen LogP) is 2.66. The van der Waals surface area contributed by atoms with Gasteiger partial charge in [-0.05, 0) is 19.2 Å². The van der Waals surface area contributed by atoms with E-state index >= 15 is 0 Å². The van der Waals surface area contributed by atoms with Crippen LogP contribution in [0.1, 0.15) is 5.56 Å². The van der Waals surface area contributed by atoms with E-state index in [0.29, 0.717) is 28.8 Å². The number of hydrogen-bond donors (Lipinski definition) is 2. The molecule has 0 bridgehead atoms. The lowest BCUT2D eigenvalue weighted by atomic mass is 10.1. The van der Waals surface area contributed by atoms with E-state index in [1.165, 1.54) is 0 Å². The van der Waals surface area contributed by atoms with Crippen molar-refractivity contribution in [3.05, 3.63) is 60.4 Å². The van der Waals surface area contributed by atoms with E-state index in [9.17, 15) is 0 Å². The summed E-state index contributed by atoms with van der Waals surface area (Å²) in [6.45, 7) is 5.85. The summed E-state index contributed by atoms with van der Waals surface area (Å²) < 4.78 is 3.62. The minimum absolute atomic E-state index is 0.397. The second kappa shape index (κ2) is 8.95. The normalized spacial score (nSPS) is 16.6. The molecule has 158 valence electrons. The van der Waals surface area contributed by atoms with Gasteiger partial charge in [0, 0.05) is 50.7 Å². The highest BCUT2D eigenvalue weighted by atomic mass is 35.5. The molecule has 8 heteroatoms. The highest BCUT2D eigenvalue weighted by Crippen LogP contribution is 2.36. The second-order valence-corrected chi connectivity index (χ2v) is 8.01. The Labute approximate surface area is 182 Å². The van der Waals surface area contributed by atoms with Gasteiger partial charge in [0.15, 0.2) is 0 Å². The van der Waals surface area contributed by atoms with Crippen molar-refractivity contribution in [1.82, 2.24) is 24.1 Å². The zero-order valence-electron chi connectivity index (χ0n) is 17.2. The van der Waals surface area contributed by atoms with E-state index in [1.54, 1.807) is 4.57 Å². The van der Waals surface area contributed by atoms with E-state index in [2.05, 4.69) is 16.8 Å². The third-order valence-corrected chi connectivity index (χ3v) is 5.97. The lowest BCUT2D eigenvalue weighted by Crippen LogP contribution is -2.45. The van der Waals surface area contributed by atoms with Crippen molar-refractivity contribution in [2.75, 3.05) is 45.5 Å². The highest BCUT2D eigenvalue weighted by molar-refractivity contribution is 6.52. The molecule has 0 aliphatic carbocycles. The summed E-state index contributed by atoms with van der Waals surface area (Å²) in [5.74, 6) is 0.951. The van der Waals surface area contributed by atoms with Crippen molar-refractivity contribution in [3.8, 4) is 11.3 Å². The van der Waals surface area contributed by atoms with Gasteiger partial charge in [-0.2, -0.15) is 5.10 Å². The Morgan fingerprint density at radius 1 is 1.00 bits per heavy atom. The lowest BCUT2D eigenvalue weighted by molar-refractivity contribution is 0.149. The first kappa shape index (κ1) is 20.5. The molecule has 1 aliphatic heterocycles. The average molecular weight is 426 g/mol. The molecule has 0 spiro atoms. The molecule has 0 amide bonds. The zero-order valence-corrected chi connectivity index (χ0v) is 18.0. The summed E-state index contributed by atoms with van der Waals surface area (Å²) in [7, 11) is 2.16. The van der Waals surface area contributed by atoms with Crippen LogP contribution in [0.15, 0.2) is 54.9 Å². The Morgan fingerprint density at radius 3 is 2.33 bits per heavy atom. The Hall–Kier alpha value is -2.74. The highest BCUT2D eigenvalue weighted by Gasteiger charge is 2.23. The summed E-state index contributed by atoms with van der Waals surface area (Å²) >= 11 is 6.77. The van der Waals surface area contributed by atoms with Crippen LogP contribution in [-0.4, -0.2) is 63.9 Å². The molecule has 1 fully saturated rings. The maximum absolute atomic E-state index is 6.77. The first-order valence-corrected chi connectivity index (χ1v) is 10.5. The Bertz CT molecular complexity index is 1000. The van der Waals surface area contributed by atoms with Crippen LogP contribution in [0.4, 0.5) is 5.82 Å². The average Bonchev–Trinajstić information content (AvgIpc) is 3.41. The van der Waals surface area contributed by atoms with Gasteiger partial charge in [0.1, 0.15) is 17.3 Å². The van der Waals surface area contributed by atoms with Crippen LogP contribution < -0.4 is 11.5 Å². The number of anilines is 1. The minimum Gasteiger partial charge on any atom is -0.384 e. The van der Waals surface area contributed by atoms with Gasteiger partial charge in [0.25, 0.3) is 0 Å². The molecule has 1 aromatic carbocycles. The molecule has 0 saturated carbocycles. The van der Waals surface area contributed by atoms with Gasteiger partial charge in [-0.15, -0.1) is 0 Å². The number of hydrogen-bond acceptors (Lipinski definition) is 5.